The number of nitrogens with zero attached hydrogens (tertiary/aromatic N) is 3. The maximum atomic E-state index is 12.4. The van der Waals surface area contributed by atoms with Gasteiger partial charge in [0, 0.05) is 26.1 Å². The fourth-order valence-electron chi connectivity index (χ4n) is 2.88. The van der Waals surface area contributed by atoms with Gasteiger partial charge in [-0.15, -0.1) is 0 Å². The van der Waals surface area contributed by atoms with Crippen LogP contribution in [0, 0.1) is 0 Å². The van der Waals surface area contributed by atoms with E-state index in [-0.39, 0.29) is 19.1 Å². The lowest BCUT2D eigenvalue weighted by atomic mass is 10.3. The lowest BCUT2D eigenvalue weighted by Crippen LogP contribution is -2.38. The number of rotatable bonds is 4. The molecular formula is C16H21N3O4. The van der Waals surface area contributed by atoms with Crippen LogP contribution >= 0.6 is 0 Å². The lowest BCUT2D eigenvalue weighted by Gasteiger charge is -2.21. The molecule has 0 saturated carbocycles. The van der Waals surface area contributed by atoms with Crippen LogP contribution in [0.1, 0.15) is 12.2 Å². The molecule has 0 aliphatic carbocycles. The van der Waals surface area contributed by atoms with Gasteiger partial charge in [-0.2, -0.15) is 0 Å². The molecule has 1 saturated heterocycles. The van der Waals surface area contributed by atoms with Crippen molar-refractivity contribution in [1.82, 2.24) is 14.5 Å². The second-order valence-corrected chi connectivity index (χ2v) is 5.64. The molecule has 1 aliphatic rings. The zero-order valence-electron chi connectivity index (χ0n) is 12.9. The van der Waals surface area contributed by atoms with E-state index in [4.69, 9.17) is 4.74 Å². The SMILES string of the molecule is O=C(CCn1c(CO)nc2ccccc21)N1CCOC[C@H](O)C1. The minimum Gasteiger partial charge on any atom is -0.389 e. The maximum absolute atomic E-state index is 12.4. The molecule has 7 nitrogen and oxygen atoms in total. The molecule has 124 valence electrons. The van der Waals surface area contributed by atoms with Crippen LogP contribution in [0.4, 0.5) is 0 Å². The molecule has 1 fully saturated rings. The van der Waals surface area contributed by atoms with Crippen molar-refractivity contribution in [3.05, 3.63) is 30.1 Å². The van der Waals surface area contributed by atoms with E-state index in [1.807, 2.05) is 28.8 Å². The van der Waals surface area contributed by atoms with E-state index in [9.17, 15) is 15.0 Å². The number of hydrogen-bond acceptors (Lipinski definition) is 5. The Hall–Kier alpha value is -1.96. The number of hydrogen-bond donors (Lipinski definition) is 2. The summed E-state index contributed by atoms with van der Waals surface area (Å²) < 4.78 is 7.11. The molecule has 1 aromatic carbocycles. The molecule has 1 aromatic heterocycles. The number of imidazole rings is 1. The monoisotopic (exact) mass is 319 g/mol. The van der Waals surface area contributed by atoms with Gasteiger partial charge in [-0.05, 0) is 12.1 Å². The average molecular weight is 319 g/mol. The van der Waals surface area contributed by atoms with E-state index < -0.39 is 6.10 Å². The molecular weight excluding hydrogens is 298 g/mol. The highest BCUT2D eigenvalue weighted by atomic mass is 16.5. The fraction of sp³-hybridized carbons (Fsp3) is 0.500. The van der Waals surface area contributed by atoms with Gasteiger partial charge in [0.15, 0.2) is 0 Å². The fourth-order valence-corrected chi connectivity index (χ4v) is 2.88. The number of β-amino-alcohol motifs (C(OH)–C–C–N with tert-alkyl or cyclic N) is 1. The van der Waals surface area contributed by atoms with Crippen LogP contribution in [0.15, 0.2) is 24.3 Å². The zero-order valence-corrected chi connectivity index (χ0v) is 12.9. The molecule has 1 amide bonds. The molecule has 1 atom stereocenters. The Balaban J connectivity index is 1.71. The van der Waals surface area contributed by atoms with Gasteiger partial charge in [0.2, 0.25) is 5.91 Å². The third kappa shape index (κ3) is 3.52. The number of carbonyl (C=O) groups excluding carboxylic acids is 1. The van der Waals surface area contributed by atoms with Crippen molar-refractivity contribution in [2.75, 3.05) is 26.3 Å². The summed E-state index contributed by atoms with van der Waals surface area (Å²) in [6, 6.07) is 7.61. The summed E-state index contributed by atoms with van der Waals surface area (Å²) in [5.41, 5.74) is 1.71. The Labute approximate surface area is 134 Å². The average Bonchev–Trinajstić information content (AvgIpc) is 2.78. The molecule has 2 N–H and O–H groups in total. The smallest absolute Gasteiger partial charge is 0.224 e. The number of amides is 1. The van der Waals surface area contributed by atoms with Gasteiger partial charge in [-0.1, -0.05) is 12.1 Å². The first-order chi connectivity index (χ1) is 11.2. The van der Waals surface area contributed by atoms with Crippen molar-refractivity contribution >= 4 is 16.9 Å². The second kappa shape index (κ2) is 7.08. The van der Waals surface area contributed by atoms with Crippen molar-refractivity contribution in [1.29, 1.82) is 0 Å². The maximum Gasteiger partial charge on any atom is 0.224 e. The third-order valence-corrected chi connectivity index (χ3v) is 4.02. The number of benzene rings is 1. The Kier molecular flexibility index (Phi) is 4.90. The van der Waals surface area contributed by atoms with E-state index in [2.05, 4.69) is 4.98 Å². The van der Waals surface area contributed by atoms with E-state index in [0.717, 1.165) is 11.0 Å². The van der Waals surface area contributed by atoms with Crippen LogP contribution in [-0.4, -0.2) is 63.0 Å². The molecule has 0 spiro atoms. The Morgan fingerprint density at radius 3 is 3.04 bits per heavy atom. The highest BCUT2D eigenvalue weighted by molar-refractivity contribution is 5.78. The number of aromatic nitrogens is 2. The van der Waals surface area contributed by atoms with Crippen molar-refractivity contribution in [3.8, 4) is 0 Å². The standard InChI is InChI=1S/C16H21N3O4/c20-10-15-17-13-3-1-2-4-14(13)19(15)6-5-16(22)18-7-8-23-11-12(21)9-18/h1-4,12,20-21H,5-11H2/t12-/m1/s1. The molecule has 7 heteroatoms. The number of para-hydroxylation sites is 2. The molecule has 2 aromatic rings. The van der Waals surface area contributed by atoms with Crippen molar-refractivity contribution in [3.63, 3.8) is 0 Å². The summed E-state index contributed by atoms with van der Waals surface area (Å²) in [4.78, 5) is 18.4. The molecule has 3 rings (SSSR count). The number of aryl methyl sites for hydroxylation is 1. The van der Waals surface area contributed by atoms with Gasteiger partial charge in [-0.25, -0.2) is 4.98 Å². The van der Waals surface area contributed by atoms with Gasteiger partial charge in [0.1, 0.15) is 12.4 Å². The summed E-state index contributed by atoms with van der Waals surface area (Å²) >= 11 is 0. The number of carbonyl (C=O) groups is 1. The molecule has 0 unspecified atom stereocenters. The Bertz CT molecular complexity index is 685. The first-order valence-electron chi connectivity index (χ1n) is 7.77. The topological polar surface area (TPSA) is 87.8 Å². The normalized spacial score (nSPS) is 19.0. The van der Waals surface area contributed by atoms with Crippen LogP contribution in [0.3, 0.4) is 0 Å². The number of ether oxygens (including phenoxy) is 1. The Morgan fingerprint density at radius 1 is 1.39 bits per heavy atom. The summed E-state index contributed by atoms with van der Waals surface area (Å²) in [5, 5.41) is 19.2. The predicted octanol–water partition coefficient (Wildman–Crippen LogP) is 0.138. The van der Waals surface area contributed by atoms with E-state index in [0.29, 0.717) is 38.5 Å². The summed E-state index contributed by atoms with van der Waals surface area (Å²) in [5.74, 6) is 0.523. The van der Waals surface area contributed by atoms with Gasteiger partial charge in [0.25, 0.3) is 0 Å². The number of fused-ring (bicyclic) bond motifs is 1. The summed E-state index contributed by atoms with van der Waals surface area (Å²) in [7, 11) is 0. The number of aliphatic hydroxyl groups excluding tert-OH is 2. The minimum absolute atomic E-state index is 0.0313. The zero-order chi connectivity index (χ0) is 16.2. The van der Waals surface area contributed by atoms with Crippen molar-refractivity contribution in [2.24, 2.45) is 0 Å². The van der Waals surface area contributed by atoms with E-state index in [1.165, 1.54) is 0 Å². The van der Waals surface area contributed by atoms with Crippen LogP contribution in [-0.2, 0) is 22.7 Å². The summed E-state index contributed by atoms with van der Waals surface area (Å²) in [6.07, 6.45) is -0.344. The van der Waals surface area contributed by atoms with Crippen molar-refractivity contribution < 1.29 is 19.7 Å². The van der Waals surface area contributed by atoms with Crippen LogP contribution in [0.25, 0.3) is 11.0 Å². The molecule has 23 heavy (non-hydrogen) atoms. The first kappa shape index (κ1) is 15.9. The predicted molar refractivity (Wildman–Crippen MR) is 83.7 cm³/mol. The third-order valence-electron chi connectivity index (χ3n) is 4.02. The van der Waals surface area contributed by atoms with Gasteiger partial charge in [-0.3, -0.25) is 4.79 Å². The molecule has 0 radical (unpaired) electrons. The van der Waals surface area contributed by atoms with Gasteiger partial charge < -0.3 is 24.4 Å². The molecule has 2 heterocycles. The summed E-state index contributed by atoms with van der Waals surface area (Å²) in [6.45, 7) is 1.79. The van der Waals surface area contributed by atoms with Crippen LogP contribution in [0.2, 0.25) is 0 Å². The van der Waals surface area contributed by atoms with Crippen LogP contribution in [0.5, 0.6) is 0 Å². The first-order valence-corrected chi connectivity index (χ1v) is 7.77. The highest BCUT2D eigenvalue weighted by Gasteiger charge is 2.21. The highest BCUT2D eigenvalue weighted by Crippen LogP contribution is 2.17. The van der Waals surface area contributed by atoms with Crippen LogP contribution < -0.4 is 0 Å². The van der Waals surface area contributed by atoms with Gasteiger partial charge >= 0.3 is 0 Å². The second-order valence-electron chi connectivity index (χ2n) is 5.64. The van der Waals surface area contributed by atoms with Crippen molar-refractivity contribution in [2.45, 2.75) is 25.7 Å². The molecule has 1 aliphatic heterocycles. The largest absolute Gasteiger partial charge is 0.389 e. The lowest BCUT2D eigenvalue weighted by molar-refractivity contribution is -0.132. The molecule has 0 bridgehead atoms. The Morgan fingerprint density at radius 2 is 2.22 bits per heavy atom. The minimum atomic E-state index is -0.636. The van der Waals surface area contributed by atoms with E-state index in [1.54, 1.807) is 4.90 Å². The van der Waals surface area contributed by atoms with E-state index >= 15 is 0 Å². The number of aliphatic hydroxyl groups is 2. The quantitative estimate of drug-likeness (QED) is 0.837. The van der Waals surface area contributed by atoms with Gasteiger partial charge in [0.05, 0.1) is 30.4 Å².